The van der Waals surface area contributed by atoms with E-state index >= 15 is 0 Å². The van der Waals surface area contributed by atoms with Crippen molar-refractivity contribution in [3.05, 3.63) is 18.3 Å². The van der Waals surface area contributed by atoms with Crippen molar-refractivity contribution in [2.75, 3.05) is 12.3 Å². The van der Waals surface area contributed by atoms with E-state index in [0.29, 0.717) is 5.69 Å². The maximum absolute atomic E-state index is 11.8. The molecule has 1 heterocycles. The van der Waals surface area contributed by atoms with Gasteiger partial charge in [0.25, 0.3) is 0 Å². The molecule has 1 aromatic rings. The molecule has 0 unspecified atom stereocenters. The van der Waals surface area contributed by atoms with E-state index in [1.165, 1.54) is 12.3 Å². The number of halogens is 3. The van der Waals surface area contributed by atoms with E-state index < -0.39 is 12.6 Å². The van der Waals surface area contributed by atoms with Gasteiger partial charge in [0, 0.05) is 24.4 Å². The van der Waals surface area contributed by atoms with Gasteiger partial charge in [-0.05, 0) is 12.5 Å². The fraction of sp³-hybridized carbons (Fsp3) is 0.444. The molecule has 0 bridgehead atoms. The quantitative estimate of drug-likeness (QED) is 0.792. The predicted molar refractivity (Wildman–Crippen MR) is 49.4 cm³/mol. The molecule has 2 N–H and O–H groups in total. The summed E-state index contributed by atoms with van der Waals surface area (Å²) in [4.78, 5) is 3.79. The molecule has 0 aliphatic heterocycles. The molecule has 0 saturated heterocycles. The zero-order chi connectivity index (χ0) is 11.3. The number of pyridine rings is 1. The largest absolute Gasteiger partial charge is 0.478 e. The molecular formula is C9H11F3N2O. The first kappa shape index (κ1) is 11.6. The molecule has 6 heteroatoms. The molecular weight excluding hydrogens is 209 g/mol. The maximum atomic E-state index is 11.8. The van der Waals surface area contributed by atoms with Crippen molar-refractivity contribution in [2.24, 2.45) is 0 Å². The standard InChI is InChI=1S/C9H11F3N2O/c10-9(11,12)3-1-5-15-8-6-7(13)2-4-14-8/h2,4,6H,1,3,5H2,(H2,13,14). The smallest absolute Gasteiger partial charge is 0.389 e. The van der Waals surface area contributed by atoms with E-state index in [9.17, 15) is 13.2 Å². The van der Waals surface area contributed by atoms with E-state index in [4.69, 9.17) is 10.5 Å². The number of rotatable bonds is 4. The number of alkyl halides is 3. The summed E-state index contributed by atoms with van der Waals surface area (Å²) in [6, 6.07) is 3.04. The molecule has 0 fully saturated rings. The van der Waals surface area contributed by atoms with Gasteiger partial charge < -0.3 is 10.5 Å². The Bertz CT molecular complexity index is 314. The fourth-order valence-electron chi connectivity index (χ4n) is 0.953. The molecule has 1 rings (SSSR count). The highest BCUT2D eigenvalue weighted by molar-refractivity contribution is 5.39. The zero-order valence-electron chi connectivity index (χ0n) is 7.92. The van der Waals surface area contributed by atoms with Crippen molar-refractivity contribution in [1.82, 2.24) is 4.98 Å². The van der Waals surface area contributed by atoms with Crippen LogP contribution in [0, 0.1) is 0 Å². The third-order valence-electron chi connectivity index (χ3n) is 1.61. The number of nitrogens with two attached hydrogens (primary N) is 1. The van der Waals surface area contributed by atoms with Crippen LogP contribution in [0.5, 0.6) is 5.88 Å². The SMILES string of the molecule is Nc1ccnc(OCCCC(F)(F)F)c1. The average Bonchev–Trinajstić information content (AvgIpc) is 2.11. The van der Waals surface area contributed by atoms with Gasteiger partial charge in [0.2, 0.25) is 5.88 Å². The summed E-state index contributed by atoms with van der Waals surface area (Å²) in [7, 11) is 0. The van der Waals surface area contributed by atoms with Gasteiger partial charge in [0.1, 0.15) is 0 Å². The third-order valence-corrected chi connectivity index (χ3v) is 1.61. The van der Waals surface area contributed by atoms with Crippen LogP contribution in [0.1, 0.15) is 12.8 Å². The van der Waals surface area contributed by atoms with Crippen LogP contribution in [-0.2, 0) is 0 Å². The normalized spacial score (nSPS) is 11.4. The van der Waals surface area contributed by atoms with Crippen LogP contribution >= 0.6 is 0 Å². The molecule has 84 valence electrons. The number of anilines is 1. The van der Waals surface area contributed by atoms with E-state index in [0.717, 1.165) is 0 Å². The molecule has 0 aliphatic carbocycles. The Hall–Kier alpha value is -1.46. The summed E-state index contributed by atoms with van der Waals surface area (Å²) in [5, 5.41) is 0. The molecule has 0 spiro atoms. The Morgan fingerprint density at radius 2 is 2.13 bits per heavy atom. The summed E-state index contributed by atoms with van der Waals surface area (Å²) < 4.78 is 40.3. The van der Waals surface area contributed by atoms with Crippen molar-refractivity contribution < 1.29 is 17.9 Å². The van der Waals surface area contributed by atoms with Gasteiger partial charge in [-0.3, -0.25) is 0 Å². The Morgan fingerprint density at radius 3 is 2.73 bits per heavy atom. The van der Waals surface area contributed by atoms with Gasteiger partial charge >= 0.3 is 6.18 Å². The van der Waals surface area contributed by atoms with E-state index in [1.54, 1.807) is 6.07 Å². The second kappa shape index (κ2) is 4.86. The minimum Gasteiger partial charge on any atom is -0.478 e. The highest BCUT2D eigenvalue weighted by Gasteiger charge is 2.26. The summed E-state index contributed by atoms with van der Waals surface area (Å²) in [5.74, 6) is 0.247. The second-order valence-corrected chi connectivity index (χ2v) is 2.99. The van der Waals surface area contributed by atoms with Crippen molar-refractivity contribution in [1.29, 1.82) is 0 Å². The van der Waals surface area contributed by atoms with Gasteiger partial charge in [-0.15, -0.1) is 0 Å². The Kier molecular flexibility index (Phi) is 3.76. The van der Waals surface area contributed by atoms with Crippen LogP contribution in [0.4, 0.5) is 18.9 Å². The fourth-order valence-corrected chi connectivity index (χ4v) is 0.953. The van der Waals surface area contributed by atoms with Gasteiger partial charge in [0.15, 0.2) is 0 Å². The molecule has 0 radical (unpaired) electrons. The topological polar surface area (TPSA) is 48.1 Å². The number of ether oxygens (including phenoxy) is 1. The van der Waals surface area contributed by atoms with Crippen LogP contribution in [0.3, 0.4) is 0 Å². The molecule has 0 atom stereocenters. The lowest BCUT2D eigenvalue weighted by Gasteiger charge is -2.07. The highest BCUT2D eigenvalue weighted by atomic mass is 19.4. The summed E-state index contributed by atoms with van der Waals surface area (Å²) in [6.07, 6.45) is -3.63. The van der Waals surface area contributed by atoms with Gasteiger partial charge in [-0.25, -0.2) is 4.98 Å². The summed E-state index contributed by atoms with van der Waals surface area (Å²) in [6.45, 7) is -0.0179. The molecule has 1 aromatic heterocycles. The predicted octanol–water partition coefficient (Wildman–Crippen LogP) is 2.39. The lowest BCUT2D eigenvalue weighted by atomic mass is 10.3. The van der Waals surface area contributed by atoms with E-state index in [1.807, 2.05) is 0 Å². The number of hydrogen-bond donors (Lipinski definition) is 1. The number of hydrogen-bond acceptors (Lipinski definition) is 3. The van der Waals surface area contributed by atoms with Crippen LogP contribution in [0.2, 0.25) is 0 Å². The molecule has 0 saturated carbocycles. The van der Waals surface area contributed by atoms with Crippen molar-refractivity contribution in [3.8, 4) is 5.88 Å². The molecule has 0 aromatic carbocycles. The first-order valence-corrected chi connectivity index (χ1v) is 4.38. The minimum absolute atomic E-state index is 0.0179. The first-order valence-electron chi connectivity index (χ1n) is 4.38. The summed E-state index contributed by atoms with van der Waals surface area (Å²) in [5.41, 5.74) is 5.90. The minimum atomic E-state index is -4.13. The lowest BCUT2D eigenvalue weighted by molar-refractivity contribution is -0.136. The molecule has 3 nitrogen and oxygen atoms in total. The van der Waals surface area contributed by atoms with E-state index in [2.05, 4.69) is 4.98 Å². The van der Waals surface area contributed by atoms with Crippen molar-refractivity contribution >= 4 is 5.69 Å². The number of nitrogens with zero attached hydrogens (tertiary/aromatic N) is 1. The average molecular weight is 220 g/mol. The Labute approximate surface area is 85.1 Å². The first-order chi connectivity index (χ1) is 6.97. The summed E-state index contributed by atoms with van der Waals surface area (Å²) >= 11 is 0. The highest BCUT2D eigenvalue weighted by Crippen LogP contribution is 2.21. The molecule has 15 heavy (non-hydrogen) atoms. The Morgan fingerprint density at radius 1 is 1.40 bits per heavy atom. The number of aromatic nitrogens is 1. The van der Waals surface area contributed by atoms with Gasteiger partial charge in [-0.2, -0.15) is 13.2 Å². The monoisotopic (exact) mass is 220 g/mol. The Balaban J connectivity index is 2.26. The van der Waals surface area contributed by atoms with Crippen LogP contribution < -0.4 is 10.5 Å². The van der Waals surface area contributed by atoms with Crippen molar-refractivity contribution in [3.63, 3.8) is 0 Å². The van der Waals surface area contributed by atoms with Crippen molar-refractivity contribution in [2.45, 2.75) is 19.0 Å². The second-order valence-electron chi connectivity index (χ2n) is 2.99. The molecule has 0 amide bonds. The maximum Gasteiger partial charge on any atom is 0.389 e. The van der Waals surface area contributed by atoms with Gasteiger partial charge in [0.05, 0.1) is 6.61 Å². The van der Waals surface area contributed by atoms with Gasteiger partial charge in [-0.1, -0.05) is 0 Å². The number of nitrogen functional groups attached to an aromatic ring is 1. The molecule has 0 aliphatic rings. The zero-order valence-corrected chi connectivity index (χ0v) is 7.92. The van der Waals surface area contributed by atoms with E-state index in [-0.39, 0.29) is 18.9 Å². The lowest BCUT2D eigenvalue weighted by Crippen LogP contribution is -2.10. The van der Waals surface area contributed by atoms with Crippen LogP contribution in [-0.4, -0.2) is 17.8 Å². The third kappa shape index (κ3) is 5.09. The van der Waals surface area contributed by atoms with Crippen LogP contribution in [0.25, 0.3) is 0 Å². The van der Waals surface area contributed by atoms with Crippen LogP contribution in [0.15, 0.2) is 18.3 Å².